The number of hydrogen-bond donors (Lipinski definition) is 1. The summed E-state index contributed by atoms with van der Waals surface area (Å²) in [4.78, 5) is 16.0. The van der Waals surface area contributed by atoms with E-state index in [4.69, 9.17) is 5.11 Å². The highest BCUT2D eigenvalue weighted by Crippen LogP contribution is 2.29. The Balaban J connectivity index is 1.42. The summed E-state index contributed by atoms with van der Waals surface area (Å²) in [6, 6.07) is 16.0. The van der Waals surface area contributed by atoms with Crippen molar-refractivity contribution >= 4 is 5.91 Å². The molecule has 0 saturated carbocycles. The molecule has 1 N–H and O–H groups in total. The van der Waals surface area contributed by atoms with E-state index in [-0.39, 0.29) is 5.91 Å². The fourth-order valence-corrected chi connectivity index (χ4v) is 4.31. The molecule has 0 radical (unpaired) electrons. The molecule has 4 rings (SSSR count). The lowest BCUT2D eigenvalue weighted by molar-refractivity contribution is -0.134. The number of carbonyl (C=O) groups is 1. The predicted molar refractivity (Wildman–Crippen MR) is 107 cm³/mol. The van der Waals surface area contributed by atoms with E-state index in [0.717, 1.165) is 19.0 Å². The van der Waals surface area contributed by atoms with Crippen LogP contribution in [0.15, 0.2) is 42.5 Å². The number of fused-ring (bicyclic) bond motifs is 1. The van der Waals surface area contributed by atoms with Crippen LogP contribution in [0, 0.1) is 0 Å². The molecule has 1 atom stereocenters. The van der Waals surface area contributed by atoms with E-state index in [0.29, 0.717) is 13.1 Å². The highest BCUT2D eigenvalue weighted by Gasteiger charge is 2.23. The fourth-order valence-electron chi connectivity index (χ4n) is 4.31. The smallest absolute Gasteiger partial charge is 0.248 e. The average Bonchev–Trinajstić information content (AvgIpc) is 3.31. The zero-order chi connectivity index (χ0) is 18.8. The van der Waals surface area contributed by atoms with Gasteiger partial charge in [0.2, 0.25) is 5.91 Å². The van der Waals surface area contributed by atoms with Crippen molar-refractivity contribution in [2.45, 2.75) is 45.3 Å². The minimum absolute atomic E-state index is 0.204. The lowest BCUT2D eigenvalue weighted by Crippen LogP contribution is -2.28. The minimum Gasteiger partial charge on any atom is -0.387 e. The largest absolute Gasteiger partial charge is 0.387 e. The molecule has 0 aromatic heterocycles. The van der Waals surface area contributed by atoms with Crippen LogP contribution in [0.3, 0.4) is 0 Å². The Kier molecular flexibility index (Phi) is 5.28. The van der Waals surface area contributed by atoms with Crippen molar-refractivity contribution in [3.63, 3.8) is 0 Å². The van der Waals surface area contributed by atoms with Gasteiger partial charge >= 0.3 is 0 Å². The van der Waals surface area contributed by atoms with Crippen molar-refractivity contribution in [2.24, 2.45) is 0 Å². The third-order valence-corrected chi connectivity index (χ3v) is 6.08. The molecule has 1 saturated heterocycles. The lowest BCUT2D eigenvalue weighted by atomic mass is 9.99. The van der Waals surface area contributed by atoms with Crippen molar-refractivity contribution in [1.82, 2.24) is 9.80 Å². The number of aliphatic hydroxyl groups excluding tert-OH is 1. The normalized spacial score (nSPS) is 19.5. The number of amides is 1. The van der Waals surface area contributed by atoms with Crippen molar-refractivity contribution in [2.75, 3.05) is 19.7 Å². The lowest BCUT2D eigenvalue weighted by Gasteiger charge is -2.20. The van der Waals surface area contributed by atoms with Gasteiger partial charge in [-0.1, -0.05) is 36.4 Å². The van der Waals surface area contributed by atoms with Crippen LogP contribution in [-0.2, 0) is 24.3 Å². The van der Waals surface area contributed by atoms with Crippen LogP contribution in [0.2, 0.25) is 0 Å². The van der Waals surface area contributed by atoms with Gasteiger partial charge in [-0.25, -0.2) is 0 Å². The van der Waals surface area contributed by atoms with E-state index >= 15 is 0 Å². The fraction of sp³-hybridized carbons (Fsp3) is 0.435. The summed E-state index contributed by atoms with van der Waals surface area (Å²) < 4.78 is 0. The van der Waals surface area contributed by atoms with Crippen LogP contribution in [0.25, 0.3) is 11.1 Å². The summed E-state index contributed by atoms with van der Waals surface area (Å²) >= 11 is 0. The second-order valence-corrected chi connectivity index (χ2v) is 7.87. The van der Waals surface area contributed by atoms with Crippen LogP contribution in [0.5, 0.6) is 0 Å². The molecule has 4 heteroatoms. The van der Waals surface area contributed by atoms with Gasteiger partial charge in [0.05, 0.1) is 0 Å². The van der Waals surface area contributed by atoms with Gasteiger partial charge in [0, 0.05) is 25.7 Å². The Morgan fingerprint density at radius 3 is 2.52 bits per heavy atom. The molecule has 0 bridgehead atoms. The first-order chi connectivity index (χ1) is 13.1. The molecular formula is C23H28N2O2. The third kappa shape index (κ3) is 3.92. The van der Waals surface area contributed by atoms with E-state index in [1.54, 1.807) is 4.90 Å². The van der Waals surface area contributed by atoms with E-state index in [9.17, 15) is 4.79 Å². The maximum Gasteiger partial charge on any atom is 0.248 e. The second-order valence-electron chi connectivity index (χ2n) is 7.87. The Morgan fingerprint density at radius 2 is 1.81 bits per heavy atom. The number of rotatable bonds is 5. The first kappa shape index (κ1) is 18.2. The molecule has 0 spiro atoms. The summed E-state index contributed by atoms with van der Waals surface area (Å²) in [6.45, 7) is 5.49. The predicted octanol–water partition coefficient (Wildman–Crippen LogP) is 3.21. The summed E-state index contributed by atoms with van der Waals surface area (Å²) in [5.41, 5.74) is 6.15. The zero-order valence-corrected chi connectivity index (χ0v) is 16.0. The van der Waals surface area contributed by atoms with Crippen LogP contribution in [0.4, 0.5) is 0 Å². The van der Waals surface area contributed by atoms with E-state index in [2.05, 4.69) is 54.3 Å². The van der Waals surface area contributed by atoms with Crippen LogP contribution >= 0.6 is 0 Å². The second kappa shape index (κ2) is 7.83. The summed E-state index contributed by atoms with van der Waals surface area (Å²) in [7, 11) is 0. The summed E-state index contributed by atoms with van der Waals surface area (Å²) in [5.74, 6) is -0.204. The molecule has 27 heavy (non-hydrogen) atoms. The Bertz CT molecular complexity index is 816. The van der Waals surface area contributed by atoms with Gasteiger partial charge in [0.1, 0.15) is 6.61 Å². The quantitative estimate of drug-likeness (QED) is 0.886. The molecule has 1 amide bonds. The maximum absolute atomic E-state index is 11.7. The van der Waals surface area contributed by atoms with E-state index in [1.807, 2.05) is 0 Å². The van der Waals surface area contributed by atoms with Crippen molar-refractivity contribution < 1.29 is 9.90 Å². The average molecular weight is 364 g/mol. The molecule has 4 nitrogen and oxygen atoms in total. The summed E-state index contributed by atoms with van der Waals surface area (Å²) in [5, 5.41) is 9.07. The molecule has 2 aromatic rings. The Labute approximate surface area is 161 Å². The number of benzene rings is 2. The molecule has 2 aromatic carbocycles. The number of likely N-dealkylation sites (tertiary alicyclic amines) is 1. The SMILES string of the molecule is CC1CCCN1CCc1ccc(-c2ccc3c(c2)CN(C(=O)CO)C3)cc1. The van der Waals surface area contributed by atoms with Gasteiger partial charge in [0.15, 0.2) is 0 Å². The molecule has 2 aliphatic heterocycles. The van der Waals surface area contributed by atoms with E-state index in [1.165, 1.54) is 47.2 Å². The molecule has 2 heterocycles. The van der Waals surface area contributed by atoms with Crippen LogP contribution < -0.4 is 0 Å². The topological polar surface area (TPSA) is 43.8 Å². The number of carbonyl (C=O) groups excluding carboxylic acids is 1. The third-order valence-electron chi connectivity index (χ3n) is 6.08. The first-order valence-electron chi connectivity index (χ1n) is 9.98. The number of nitrogens with zero attached hydrogens (tertiary/aromatic N) is 2. The molecule has 1 fully saturated rings. The molecule has 2 aliphatic rings. The number of aliphatic hydroxyl groups is 1. The summed E-state index contributed by atoms with van der Waals surface area (Å²) in [6.07, 6.45) is 3.77. The van der Waals surface area contributed by atoms with Crippen molar-refractivity contribution in [3.8, 4) is 11.1 Å². The van der Waals surface area contributed by atoms with Gasteiger partial charge in [-0.05, 0) is 66.6 Å². The highest BCUT2D eigenvalue weighted by molar-refractivity contribution is 5.78. The maximum atomic E-state index is 11.7. The van der Waals surface area contributed by atoms with Gasteiger partial charge in [-0.15, -0.1) is 0 Å². The number of hydrogen-bond acceptors (Lipinski definition) is 3. The van der Waals surface area contributed by atoms with Gasteiger partial charge in [-0.2, -0.15) is 0 Å². The minimum atomic E-state index is -0.418. The highest BCUT2D eigenvalue weighted by atomic mass is 16.3. The molecule has 0 aliphatic carbocycles. The van der Waals surface area contributed by atoms with Crippen LogP contribution in [-0.4, -0.2) is 46.6 Å². The van der Waals surface area contributed by atoms with Gasteiger partial charge in [0.25, 0.3) is 0 Å². The first-order valence-corrected chi connectivity index (χ1v) is 9.98. The Hall–Kier alpha value is -2.17. The standard InChI is InChI=1S/C23H28N2O2/c1-17-3-2-11-24(17)12-10-18-4-6-19(7-5-18)20-8-9-21-14-25(23(27)16-26)15-22(21)13-20/h4-9,13,17,26H,2-3,10-12,14-16H2,1H3. The molecule has 142 valence electrons. The monoisotopic (exact) mass is 364 g/mol. The van der Waals surface area contributed by atoms with Crippen LogP contribution in [0.1, 0.15) is 36.5 Å². The van der Waals surface area contributed by atoms with Gasteiger partial charge in [-0.3, -0.25) is 4.79 Å². The van der Waals surface area contributed by atoms with Crippen molar-refractivity contribution in [1.29, 1.82) is 0 Å². The zero-order valence-electron chi connectivity index (χ0n) is 16.0. The Morgan fingerprint density at radius 1 is 1.07 bits per heavy atom. The molecule has 1 unspecified atom stereocenters. The molecular weight excluding hydrogens is 336 g/mol. The van der Waals surface area contributed by atoms with E-state index < -0.39 is 6.61 Å². The van der Waals surface area contributed by atoms with Gasteiger partial charge < -0.3 is 14.9 Å². The van der Waals surface area contributed by atoms with Crippen molar-refractivity contribution in [3.05, 3.63) is 59.2 Å².